The van der Waals surface area contributed by atoms with Crippen LogP contribution in [-0.4, -0.2) is 45.1 Å². The molecule has 2 aromatic carbocycles. The van der Waals surface area contributed by atoms with Gasteiger partial charge in [-0.05, 0) is 49.2 Å². The number of carbonyl (C=O) groups excluding carboxylic acids is 2. The van der Waals surface area contributed by atoms with Gasteiger partial charge in [-0.3, -0.25) is 9.59 Å². The summed E-state index contributed by atoms with van der Waals surface area (Å²) < 4.78 is 5.11. The SMILES string of the molecule is COc1ccc(NC(=O)C[NH+](C)CC(=O)N2c3ccccc3C[C@H]2C)cc1. The first-order valence-corrected chi connectivity index (χ1v) is 9.13. The largest absolute Gasteiger partial charge is 0.497 e. The first kappa shape index (κ1) is 18.9. The Morgan fingerprint density at radius 3 is 2.56 bits per heavy atom. The van der Waals surface area contributed by atoms with Crippen LogP contribution in [0.2, 0.25) is 0 Å². The van der Waals surface area contributed by atoms with Crippen LogP contribution in [-0.2, 0) is 16.0 Å². The van der Waals surface area contributed by atoms with Gasteiger partial charge in [0.1, 0.15) is 5.75 Å². The zero-order valence-corrected chi connectivity index (χ0v) is 16.0. The smallest absolute Gasteiger partial charge is 0.282 e. The molecular weight excluding hydrogens is 342 g/mol. The molecule has 1 aliphatic heterocycles. The Morgan fingerprint density at radius 2 is 1.85 bits per heavy atom. The Morgan fingerprint density at radius 1 is 1.15 bits per heavy atom. The first-order chi connectivity index (χ1) is 13.0. The first-order valence-electron chi connectivity index (χ1n) is 9.13. The molecule has 3 rings (SSSR count). The standard InChI is InChI=1S/C21H25N3O3/c1-15-12-16-6-4-5-7-19(16)24(15)21(26)14-23(2)13-20(25)22-17-8-10-18(27-3)11-9-17/h4-11,15H,12-14H2,1-3H3,(H,22,25)/p+1/t15-/m1/s1. The van der Waals surface area contributed by atoms with Crippen LogP contribution in [0, 0.1) is 0 Å². The fourth-order valence-electron chi connectivity index (χ4n) is 3.51. The van der Waals surface area contributed by atoms with Crippen molar-refractivity contribution in [2.75, 3.05) is 37.5 Å². The minimum Gasteiger partial charge on any atom is -0.497 e. The van der Waals surface area contributed by atoms with E-state index in [1.165, 1.54) is 5.56 Å². The number of carbonyl (C=O) groups is 2. The molecule has 2 N–H and O–H groups in total. The average Bonchev–Trinajstić information content (AvgIpc) is 2.97. The van der Waals surface area contributed by atoms with Gasteiger partial charge in [0.25, 0.3) is 11.8 Å². The molecule has 0 spiro atoms. The number of anilines is 2. The van der Waals surface area contributed by atoms with Gasteiger partial charge in [-0.15, -0.1) is 0 Å². The van der Waals surface area contributed by atoms with Gasteiger partial charge in [0.15, 0.2) is 13.1 Å². The van der Waals surface area contributed by atoms with Crippen molar-refractivity contribution >= 4 is 23.2 Å². The second kappa shape index (κ2) is 8.22. The van der Waals surface area contributed by atoms with Crippen LogP contribution in [0.4, 0.5) is 11.4 Å². The van der Waals surface area contributed by atoms with Crippen molar-refractivity contribution in [2.45, 2.75) is 19.4 Å². The van der Waals surface area contributed by atoms with Crippen molar-refractivity contribution in [1.82, 2.24) is 0 Å². The highest BCUT2D eigenvalue weighted by Gasteiger charge is 2.32. The fraction of sp³-hybridized carbons (Fsp3) is 0.333. The molecule has 0 radical (unpaired) electrons. The van der Waals surface area contributed by atoms with E-state index in [0.29, 0.717) is 5.69 Å². The van der Waals surface area contributed by atoms with Crippen molar-refractivity contribution in [1.29, 1.82) is 0 Å². The third kappa shape index (κ3) is 4.46. The van der Waals surface area contributed by atoms with Crippen LogP contribution in [0.3, 0.4) is 0 Å². The van der Waals surface area contributed by atoms with Crippen LogP contribution in [0.15, 0.2) is 48.5 Å². The zero-order chi connectivity index (χ0) is 19.4. The Balaban J connectivity index is 1.54. The predicted molar refractivity (Wildman–Crippen MR) is 105 cm³/mol. The van der Waals surface area contributed by atoms with Gasteiger partial charge in [-0.2, -0.15) is 0 Å². The van der Waals surface area contributed by atoms with Crippen LogP contribution >= 0.6 is 0 Å². The highest BCUT2D eigenvalue weighted by atomic mass is 16.5. The summed E-state index contributed by atoms with van der Waals surface area (Å²) in [6.07, 6.45) is 0.874. The molecule has 0 bridgehead atoms. The van der Waals surface area contributed by atoms with Crippen molar-refractivity contribution in [3.63, 3.8) is 0 Å². The molecule has 2 amide bonds. The molecule has 142 valence electrons. The third-order valence-electron chi connectivity index (χ3n) is 4.77. The lowest BCUT2D eigenvalue weighted by molar-refractivity contribution is -0.862. The van der Waals surface area contributed by atoms with Gasteiger partial charge in [-0.25, -0.2) is 0 Å². The molecule has 6 nitrogen and oxygen atoms in total. The number of rotatable bonds is 6. The Bertz CT molecular complexity index is 820. The molecule has 0 aliphatic carbocycles. The average molecular weight is 368 g/mol. The van der Waals surface area contributed by atoms with Gasteiger partial charge in [-0.1, -0.05) is 18.2 Å². The van der Waals surface area contributed by atoms with Crippen molar-refractivity contribution in [3.8, 4) is 5.75 Å². The van der Waals surface area contributed by atoms with E-state index in [2.05, 4.69) is 18.3 Å². The number of quaternary nitrogens is 1. The predicted octanol–water partition coefficient (Wildman–Crippen LogP) is 1.13. The molecule has 27 heavy (non-hydrogen) atoms. The number of nitrogens with zero attached hydrogens (tertiary/aromatic N) is 1. The van der Waals surface area contributed by atoms with Crippen LogP contribution in [0.5, 0.6) is 5.75 Å². The number of amides is 2. The second-order valence-electron chi connectivity index (χ2n) is 7.03. The van der Waals surface area contributed by atoms with Crippen molar-refractivity contribution in [2.24, 2.45) is 0 Å². The van der Waals surface area contributed by atoms with Gasteiger partial charge >= 0.3 is 0 Å². The molecule has 0 saturated carbocycles. The van der Waals surface area contributed by atoms with Crippen LogP contribution in [0.25, 0.3) is 0 Å². The number of hydrogen-bond donors (Lipinski definition) is 2. The normalized spacial score (nSPS) is 16.6. The Hall–Kier alpha value is -2.86. The number of likely N-dealkylation sites (N-methyl/N-ethyl adjacent to an activating group) is 1. The number of hydrogen-bond acceptors (Lipinski definition) is 3. The molecule has 1 heterocycles. The maximum Gasteiger partial charge on any atom is 0.282 e. The minimum atomic E-state index is -0.125. The minimum absolute atomic E-state index is 0.0437. The molecule has 2 aromatic rings. The highest BCUT2D eigenvalue weighted by molar-refractivity contribution is 5.97. The van der Waals surface area contributed by atoms with E-state index in [9.17, 15) is 9.59 Å². The van der Waals surface area contributed by atoms with E-state index in [0.717, 1.165) is 22.8 Å². The van der Waals surface area contributed by atoms with E-state index in [1.807, 2.05) is 30.1 Å². The maximum absolute atomic E-state index is 12.8. The Kier molecular flexibility index (Phi) is 5.76. The Labute approximate surface area is 159 Å². The number of ether oxygens (including phenoxy) is 1. The summed E-state index contributed by atoms with van der Waals surface area (Å²) in [4.78, 5) is 27.8. The van der Waals surface area contributed by atoms with E-state index in [4.69, 9.17) is 4.74 Å². The summed E-state index contributed by atoms with van der Waals surface area (Å²) in [7, 11) is 3.46. The van der Waals surface area contributed by atoms with Gasteiger partial charge in [0.2, 0.25) is 0 Å². The van der Waals surface area contributed by atoms with E-state index < -0.39 is 0 Å². The number of fused-ring (bicyclic) bond motifs is 1. The molecular formula is C21H26N3O3+. The molecule has 1 aliphatic rings. The van der Waals surface area contributed by atoms with Gasteiger partial charge in [0.05, 0.1) is 14.2 Å². The molecule has 0 saturated heterocycles. The summed E-state index contributed by atoms with van der Waals surface area (Å²) in [5.41, 5.74) is 2.90. The van der Waals surface area contributed by atoms with Gasteiger partial charge < -0.3 is 19.9 Å². The number of methoxy groups -OCH3 is 1. The number of nitrogens with one attached hydrogen (secondary N) is 2. The lowest BCUT2D eigenvalue weighted by atomic mass is 10.1. The summed E-state index contributed by atoms with van der Waals surface area (Å²) in [5, 5.41) is 2.85. The quantitative estimate of drug-likeness (QED) is 0.803. The fourth-order valence-corrected chi connectivity index (χ4v) is 3.51. The van der Waals surface area contributed by atoms with E-state index in [-0.39, 0.29) is 30.9 Å². The third-order valence-corrected chi connectivity index (χ3v) is 4.77. The molecule has 6 heteroatoms. The lowest BCUT2D eigenvalue weighted by Crippen LogP contribution is -3.11. The maximum atomic E-state index is 12.8. The molecule has 0 aromatic heterocycles. The monoisotopic (exact) mass is 368 g/mol. The highest BCUT2D eigenvalue weighted by Crippen LogP contribution is 2.31. The van der Waals surface area contributed by atoms with Gasteiger partial charge in [0, 0.05) is 17.4 Å². The van der Waals surface area contributed by atoms with E-state index in [1.54, 1.807) is 31.4 Å². The van der Waals surface area contributed by atoms with Crippen molar-refractivity contribution in [3.05, 3.63) is 54.1 Å². The van der Waals surface area contributed by atoms with E-state index >= 15 is 0 Å². The number of para-hydroxylation sites is 1. The zero-order valence-electron chi connectivity index (χ0n) is 16.0. The summed E-state index contributed by atoms with van der Waals surface area (Å²) in [6, 6.07) is 15.3. The second-order valence-corrected chi connectivity index (χ2v) is 7.03. The summed E-state index contributed by atoms with van der Waals surface area (Å²) in [6.45, 7) is 2.56. The molecule has 1 unspecified atom stereocenters. The van der Waals surface area contributed by atoms with Crippen LogP contribution < -0.4 is 19.9 Å². The molecule has 2 atom stereocenters. The van der Waals surface area contributed by atoms with Crippen LogP contribution in [0.1, 0.15) is 12.5 Å². The topological polar surface area (TPSA) is 63.1 Å². The lowest BCUT2D eigenvalue weighted by Gasteiger charge is -2.24. The summed E-state index contributed by atoms with van der Waals surface area (Å²) in [5.74, 6) is 0.656. The van der Waals surface area contributed by atoms with Crippen molar-refractivity contribution < 1.29 is 19.2 Å². The molecule has 0 fully saturated rings. The number of benzene rings is 2. The summed E-state index contributed by atoms with van der Waals surface area (Å²) >= 11 is 0.